The number of imidazole rings is 1. The second kappa shape index (κ2) is 6.90. The van der Waals surface area contributed by atoms with Crippen molar-refractivity contribution in [3.63, 3.8) is 0 Å². The van der Waals surface area contributed by atoms with Crippen molar-refractivity contribution in [1.29, 1.82) is 0 Å². The summed E-state index contributed by atoms with van der Waals surface area (Å²) in [4.78, 5) is 15.3. The van der Waals surface area contributed by atoms with Crippen molar-refractivity contribution in [1.82, 2.24) is 9.55 Å². The van der Waals surface area contributed by atoms with E-state index in [4.69, 9.17) is 4.74 Å². The van der Waals surface area contributed by atoms with Crippen LogP contribution in [0.5, 0.6) is 5.75 Å². The predicted octanol–water partition coefficient (Wildman–Crippen LogP) is 3.71. The van der Waals surface area contributed by atoms with Gasteiger partial charge < -0.3 is 14.0 Å². The van der Waals surface area contributed by atoms with Crippen molar-refractivity contribution in [3.8, 4) is 5.75 Å². The van der Waals surface area contributed by atoms with Gasteiger partial charge in [0.2, 0.25) is 5.95 Å². The predicted molar refractivity (Wildman–Crippen MR) is 75.1 cm³/mol. The Bertz CT molecular complexity index is 728. The molecule has 0 aliphatic heterocycles. The molecule has 9 heteroatoms. The summed E-state index contributed by atoms with van der Waals surface area (Å²) in [6.07, 6.45) is -3.85. The fourth-order valence-corrected chi connectivity index (χ4v) is 2.21. The lowest BCUT2D eigenvalue weighted by atomic mass is 10.1. The molecule has 0 amide bonds. The van der Waals surface area contributed by atoms with Gasteiger partial charge in [0, 0.05) is 5.56 Å². The van der Waals surface area contributed by atoms with Gasteiger partial charge in [-0.05, 0) is 19.9 Å². The lowest BCUT2D eigenvalue weighted by Crippen LogP contribution is -2.21. The normalized spacial score (nSPS) is 12.8. The first kappa shape index (κ1) is 17.8. The third-order valence-electron chi connectivity index (χ3n) is 3.23. The summed E-state index contributed by atoms with van der Waals surface area (Å²) < 4.78 is 61.2. The number of hydrogen-bond donors (Lipinski definition) is 0. The molecule has 0 N–H and O–H groups in total. The highest BCUT2D eigenvalue weighted by Crippen LogP contribution is 2.32. The van der Waals surface area contributed by atoms with Crippen molar-refractivity contribution < 1.29 is 31.8 Å². The highest BCUT2D eigenvalue weighted by molar-refractivity contribution is 5.87. The van der Waals surface area contributed by atoms with E-state index in [0.717, 1.165) is 17.0 Å². The minimum absolute atomic E-state index is 0.0195. The van der Waals surface area contributed by atoms with Gasteiger partial charge >= 0.3 is 12.3 Å². The van der Waals surface area contributed by atoms with Crippen LogP contribution in [0.2, 0.25) is 0 Å². The number of aromatic nitrogens is 2. The number of esters is 1. The third kappa shape index (κ3) is 3.84. The summed E-state index contributed by atoms with van der Waals surface area (Å²) in [5.74, 6) is -2.45. The Morgan fingerprint density at radius 3 is 2.62 bits per heavy atom. The maximum absolute atomic E-state index is 13.8. The van der Waals surface area contributed by atoms with Crippen molar-refractivity contribution in [2.75, 3.05) is 6.61 Å². The molecule has 1 heterocycles. The van der Waals surface area contributed by atoms with Crippen LogP contribution in [0, 0.1) is 5.95 Å². The van der Waals surface area contributed by atoms with Crippen molar-refractivity contribution in [3.05, 3.63) is 47.8 Å². The summed E-state index contributed by atoms with van der Waals surface area (Å²) in [5.41, 5.74) is -0.357. The topological polar surface area (TPSA) is 53.3 Å². The molecule has 5 nitrogen and oxygen atoms in total. The first-order valence-corrected chi connectivity index (χ1v) is 6.98. The molecule has 2 aromatic rings. The Kier molecular flexibility index (Phi) is 5.10. The van der Waals surface area contributed by atoms with Crippen LogP contribution in [-0.2, 0) is 4.74 Å². The molecule has 1 aromatic carbocycles. The summed E-state index contributed by atoms with van der Waals surface area (Å²) in [6, 6.07) is 4.56. The molecule has 1 atom stereocenters. The number of hydrogen-bond acceptors (Lipinski definition) is 4. The van der Waals surface area contributed by atoms with E-state index >= 15 is 0 Å². The third-order valence-corrected chi connectivity index (χ3v) is 3.23. The van der Waals surface area contributed by atoms with Crippen molar-refractivity contribution in [2.45, 2.75) is 26.3 Å². The van der Waals surface area contributed by atoms with Gasteiger partial charge in [0.1, 0.15) is 5.75 Å². The van der Waals surface area contributed by atoms with E-state index < -0.39 is 35.8 Å². The average molecular weight is 346 g/mol. The quantitative estimate of drug-likeness (QED) is 0.612. The smallest absolute Gasteiger partial charge is 0.461 e. The molecule has 1 unspecified atom stereocenters. The molecule has 1 aromatic heterocycles. The molecular formula is C15H14F4N2O3. The lowest BCUT2D eigenvalue weighted by molar-refractivity contribution is -0.275. The molecule has 2 rings (SSSR count). The maximum atomic E-state index is 13.8. The largest absolute Gasteiger partial charge is 0.573 e. The van der Waals surface area contributed by atoms with Crippen LogP contribution in [0.25, 0.3) is 0 Å². The Morgan fingerprint density at radius 2 is 2.00 bits per heavy atom. The Hall–Kier alpha value is -2.58. The van der Waals surface area contributed by atoms with Crippen LogP contribution in [0.15, 0.2) is 30.6 Å². The number of carbonyl (C=O) groups excluding carboxylic acids is 1. The van der Waals surface area contributed by atoms with Gasteiger partial charge in [-0.25, -0.2) is 9.78 Å². The lowest BCUT2D eigenvalue weighted by Gasteiger charge is -2.20. The second-order valence-electron chi connectivity index (χ2n) is 4.77. The van der Waals surface area contributed by atoms with Crippen LogP contribution >= 0.6 is 0 Å². The minimum Gasteiger partial charge on any atom is -0.461 e. The van der Waals surface area contributed by atoms with Gasteiger partial charge in [0.05, 0.1) is 19.0 Å². The highest BCUT2D eigenvalue weighted by Gasteiger charge is 2.33. The standard InChI is InChI=1S/C15H14F4N2O3/c1-3-23-14(22)12-13(16)20-8-21(12)9(2)10-6-4-5-7-11(10)24-15(17,18)19/h4-9H,3H2,1-2H3. The maximum Gasteiger partial charge on any atom is 0.573 e. The fraction of sp³-hybridized carbons (Fsp3) is 0.333. The van der Waals surface area contributed by atoms with Crippen LogP contribution in [-0.4, -0.2) is 28.5 Å². The number of carbonyl (C=O) groups is 1. The Balaban J connectivity index is 2.44. The zero-order valence-electron chi connectivity index (χ0n) is 12.8. The number of para-hydroxylation sites is 1. The zero-order valence-corrected chi connectivity index (χ0v) is 12.8. The van der Waals surface area contributed by atoms with Gasteiger partial charge in [-0.3, -0.25) is 0 Å². The van der Waals surface area contributed by atoms with Crippen LogP contribution in [0.1, 0.15) is 35.9 Å². The van der Waals surface area contributed by atoms with Gasteiger partial charge in [-0.2, -0.15) is 4.39 Å². The molecule has 130 valence electrons. The van der Waals surface area contributed by atoms with Gasteiger partial charge in [0.15, 0.2) is 5.69 Å². The van der Waals surface area contributed by atoms with E-state index in [0.29, 0.717) is 0 Å². The van der Waals surface area contributed by atoms with E-state index in [1.54, 1.807) is 6.92 Å². The molecule has 0 aliphatic rings. The monoisotopic (exact) mass is 346 g/mol. The first-order chi connectivity index (χ1) is 11.2. The molecule has 0 aliphatic carbocycles. The zero-order chi connectivity index (χ0) is 17.9. The molecule has 24 heavy (non-hydrogen) atoms. The van der Waals surface area contributed by atoms with Crippen LogP contribution in [0.3, 0.4) is 0 Å². The van der Waals surface area contributed by atoms with Crippen molar-refractivity contribution >= 4 is 5.97 Å². The van der Waals surface area contributed by atoms with E-state index in [-0.39, 0.29) is 12.2 Å². The molecule has 0 radical (unpaired) electrons. The van der Waals surface area contributed by atoms with E-state index in [1.165, 1.54) is 25.1 Å². The molecule has 0 fully saturated rings. The number of halogens is 4. The molecule has 0 spiro atoms. The molecule has 0 bridgehead atoms. The van der Waals surface area contributed by atoms with Gasteiger partial charge in [-0.1, -0.05) is 18.2 Å². The summed E-state index contributed by atoms with van der Waals surface area (Å²) >= 11 is 0. The number of nitrogens with zero attached hydrogens (tertiary/aromatic N) is 2. The van der Waals surface area contributed by atoms with E-state index in [1.807, 2.05) is 0 Å². The van der Waals surface area contributed by atoms with Crippen LogP contribution in [0.4, 0.5) is 17.6 Å². The minimum atomic E-state index is -4.88. The molecular weight excluding hydrogens is 332 g/mol. The molecule has 0 saturated heterocycles. The Morgan fingerprint density at radius 1 is 1.33 bits per heavy atom. The number of ether oxygens (including phenoxy) is 2. The van der Waals surface area contributed by atoms with Crippen LogP contribution < -0.4 is 4.74 Å². The van der Waals surface area contributed by atoms with Gasteiger partial charge in [0.25, 0.3) is 0 Å². The fourth-order valence-electron chi connectivity index (χ4n) is 2.21. The second-order valence-corrected chi connectivity index (χ2v) is 4.77. The number of rotatable bonds is 5. The summed E-state index contributed by atoms with van der Waals surface area (Å²) in [5, 5.41) is 0. The summed E-state index contributed by atoms with van der Waals surface area (Å²) in [6.45, 7) is 3.06. The first-order valence-electron chi connectivity index (χ1n) is 6.98. The van der Waals surface area contributed by atoms with E-state index in [9.17, 15) is 22.4 Å². The molecule has 0 saturated carbocycles. The number of alkyl halides is 3. The SMILES string of the molecule is CCOC(=O)c1c(F)ncn1C(C)c1ccccc1OC(F)(F)F. The number of benzene rings is 1. The van der Waals surface area contributed by atoms with E-state index in [2.05, 4.69) is 9.72 Å². The summed E-state index contributed by atoms with van der Waals surface area (Å²) in [7, 11) is 0. The van der Waals surface area contributed by atoms with Crippen molar-refractivity contribution in [2.24, 2.45) is 0 Å². The Labute approximate surface area is 134 Å². The average Bonchev–Trinajstić information content (AvgIpc) is 2.87. The van der Waals surface area contributed by atoms with Gasteiger partial charge in [-0.15, -0.1) is 13.2 Å². The highest BCUT2D eigenvalue weighted by atomic mass is 19.4.